The Kier molecular flexibility index (Phi) is 5.10. The number of dihydropyridines is 1. The maximum absolute atomic E-state index is 3.78. The molecule has 146 valence electrons. The van der Waals surface area contributed by atoms with E-state index in [0.29, 0.717) is 6.04 Å². The molecule has 0 fully saturated rings. The Balaban J connectivity index is 1.55. The van der Waals surface area contributed by atoms with Crippen LogP contribution in [0, 0.1) is 0 Å². The Morgan fingerprint density at radius 2 is 1.76 bits per heavy atom. The van der Waals surface area contributed by atoms with Crippen molar-refractivity contribution in [3.05, 3.63) is 111 Å². The molecular formula is C24H21Br2N3. The van der Waals surface area contributed by atoms with E-state index in [4.69, 9.17) is 0 Å². The molecule has 2 atom stereocenters. The Bertz CT molecular complexity index is 1030. The van der Waals surface area contributed by atoms with Gasteiger partial charge in [0.05, 0.1) is 11.7 Å². The number of hydrogen-bond donors (Lipinski definition) is 2. The molecule has 2 unspecified atom stereocenters. The summed E-state index contributed by atoms with van der Waals surface area (Å²) in [5.41, 5.74) is 4.93. The van der Waals surface area contributed by atoms with Crippen LogP contribution in [-0.2, 0) is 0 Å². The SMILES string of the molecule is Brc1cc(Br)cc(C2NC3=C(NCC(c4ccccc4)=C3)N2C2C=CC=CC2)c1. The van der Waals surface area contributed by atoms with E-state index >= 15 is 0 Å². The standard InChI is InChI=1S/C24H21Br2N3/c25-19-11-17(12-20(26)14-19)23-28-22-13-18(16-7-3-1-4-8-16)15-27-24(22)29(23)21-9-5-2-6-10-21/h1-9,11-14,21,23,27-28H,10,15H2. The first-order valence-electron chi connectivity index (χ1n) is 9.77. The van der Waals surface area contributed by atoms with Crippen LogP contribution >= 0.6 is 31.9 Å². The minimum atomic E-state index is 0.0637. The first kappa shape index (κ1) is 18.8. The van der Waals surface area contributed by atoms with Gasteiger partial charge in [0.15, 0.2) is 0 Å². The second kappa shape index (κ2) is 7.88. The molecule has 2 N–H and O–H groups in total. The third kappa shape index (κ3) is 3.69. The number of halogens is 2. The first-order chi connectivity index (χ1) is 14.2. The molecule has 3 aliphatic rings. The number of allylic oxidation sites excluding steroid dienone is 3. The molecule has 2 aromatic rings. The number of hydrogen-bond acceptors (Lipinski definition) is 3. The molecule has 1 aliphatic carbocycles. The molecule has 0 spiro atoms. The van der Waals surface area contributed by atoms with Crippen molar-refractivity contribution in [1.29, 1.82) is 0 Å². The molecule has 0 aromatic heterocycles. The normalized spacial score (nSPS) is 22.8. The van der Waals surface area contributed by atoms with E-state index in [1.807, 2.05) is 0 Å². The maximum Gasteiger partial charge on any atom is 0.128 e. The molecule has 3 nitrogen and oxygen atoms in total. The summed E-state index contributed by atoms with van der Waals surface area (Å²) < 4.78 is 2.14. The highest BCUT2D eigenvalue weighted by Crippen LogP contribution is 2.38. The van der Waals surface area contributed by atoms with Crippen molar-refractivity contribution in [2.45, 2.75) is 18.6 Å². The predicted octanol–water partition coefficient (Wildman–Crippen LogP) is 5.86. The van der Waals surface area contributed by atoms with E-state index in [0.717, 1.165) is 27.6 Å². The molecule has 0 radical (unpaired) electrons. The molecule has 5 heteroatoms. The molecule has 0 amide bonds. The van der Waals surface area contributed by atoms with Gasteiger partial charge in [-0.3, -0.25) is 0 Å². The van der Waals surface area contributed by atoms with Crippen LogP contribution < -0.4 is 10.6 Å². The van der Waals surface area contributed by atoms with Crippen LogP contribution in [0.5, 0.6) is 0 Å². The van der Waals surface area contributed by atoms with Gasteiger partial charge in [-0.25, -0.2) is 0 Å². The van der Waals surface area contributed by atoms with Crippen molar-refractivity contribution in [2.24, 2.45) is 0 Å². The van der Waals surface area contributed by atoms with Gasteiger partial charge in [0, 0.05) is 15.5 Å². The van der Waals surface area contributed by atoms with Gasteiger partial charge in [0.25, 0.3) is 0 Å². The van der Waals surface area contributed by atoms with Crippen LogP contribution in [-0.4, -0.2) is 17.5 Å². The first-order valence-corrected chi connectivity index (χ1v) is 11.4. The summed E-state index contributed by atoms with van der Waals surface area (Å²) in [6, 6.07) is 17.4. The van der Waals surface area contributed by atoms with Crippen molar-refractivity contribution < 1.29 is 0 Å². The lowest BCUT2D eigenvalue weighted by molar-refractivity contribution is 0.209. The van der Waals surface area contributed by atoms with E-state index in [-0.39, 0.29) is 6.17 Å². The van der Waals surface area contributed by atoms with Gasteiger partial charge < -0.3 is 15.5 Å². The largest absolute Gasteiger partial charge is 0.366 e. The Morgan fingerprint density at radius 1 is 0.966 bits per heavy atom. The van der Waals surface area contributed by atoms with Crippen LogP contribution in [0.3, 0.4) is 0 Å². The van der Waals surface area contributed by atoms with Crippen molar-refractivity contribution in [3.8, 4) is 0 Å². The van der Waals surface area contributed by atoms with Crippen molar-refractivity contribution in [1.82, 2.24) is 15.5 Å². The van der Waals surface area contributed by atoms with Crippen LogP contribution in [0.2, 0.25) is 0 Å². The van der Waals surface area contributed by atoms with Gasteiger partial charge in [-0.05, 0) is 47.4 Å². The Morgan fingerprint density at radius 3 is 2.48 bits per heavy atom. The lowest BCUT2D eigenvalue weighted by Crippen LogP contribution is -2.41. The maximum atomic E-state index is 3.78. The Hall–Kier alpha value is -2.24. The minimum Gasteiger partial charge on any atom is -0.366 e. The molecule has 2 heterocycles. The molecule has 0 saturated heterocycles. The van der Waals surface area contributed by atoms with Crippen LogP contribution in [0.15, 0.2) is 99.4 Å². The third-order valence-electron chi connectivity index (χ3n) is 5.51. The molecule has 5 rings (SSSR count). The monoisotopic (exact) mass is 509 g/mol. The quantitative estimate of drug-likeness (QED) is 0.541. The average molecular weight is 511 g/mol. The summed E-state index contributed by atoms with van der Waals surface area (Å²) in [5.74, 6) is 1.18. The topological polar surface area (TPSA) is 27.3 Å². The van der Waals surface area contributed by atoms with Crippen LogP contribution in [0.4, 0.5) is 0 Å². The predicted molar refractivity (Wildman–Crippen MR) is 126 cm³/mol. The summed E-state index contributed by atoms with van der Waals surface area (Å²) in [7, 11) is 0. The zero-order valence-electron chi connectivity index (χ0n) is 15.8. The molecule has 2 aromatic carbocycles. The zero-order chi connectivity index (χ0) is 19.8. The summed E-state index contributed by atoms with van der Waals surface area (Å²) in [5, 5.41) is 7.48. The van der Waals surface area contributed by atoms with Crippen molar-refractivity contribution in [3.63, 3.8) is 0 Å². The van der Waals surface area contributed by atoms with Gasteiger partial charge in [0.1, 0.15) is 12.0 Å². The minimum absolute atomic E-state index is 0.0637. The highest BCUT2D eigenvalue weighted by molar-refractivity contribution is 9.11. The fourth-order valence-corrected chi connectivity index (χ4v) is 5.53. The van der Waals surface area contributed by atoms with E-state index in [1.54, 1.807) is 0 Å². The van der Waals surface area contributed by atoms with E-state index in [1.165, 1.54) is 22.5 Å². The molecule has 0 bridgehead atoms. The summed E-state index contributed by atoms with van der Waals surface area (Å²) in [4.78, 5) is 2.47. The number of benzene rings is 2. The second-order valence-electron chi connectivity index (χ2n) is 7.42. The second-order valence-corrected chi connectivity index (χ2v) is 9.26. The van der Waals surface area contributed by atoms with E-state index in [2.05, 4.69) is 126 Å². The summed E-state index contributed by atoms with van der Waals surface area (Å²) in [6.45, 7) is 0.822. The summed E-state index contributed by atoms with van der Waals surface area (Å²) in [6.07, 6.45) is 12.2. The van der Waals surface area contributed by atoms with Crippen molar-refractivity contribution in [2.75, 3.05) is 6.54 Å². The highest BCUT2D eigenvalue weighted by atomic mass is 79.9. The lowest BCUT2D eigenvalue weighted by atomic mass is 10.0. The number of nitrogens with zero attached hydrogens (tertiary/aromatic N) is 1. The Labute approximate surface area is 188 Å². The smallest absolute Gasteiger partial charge is 0.128 e. The van der Waals surface area contributed by atoms with Crippen molar-refractivity contribution >= 4 is 37.4 Å². The summed E-state index contributed by atoms with van der Waals surface area (Å²) >= 11 is 7.30. The van der Waals surface area contributed by atoms with Gasteiger partial charge >= 0.3 is 0 Å². The fraction of sp³-hybridized carbons (Fsp3) is 0.167. The fourth-order valence-electron chi connectivity index (χ4n) is 4.20. The molecular weight excluding hydrogens is 490 g/mol. The van der Waals surface area contributed by atoms with Crippen LogP contribution in [0.25, 0.3) is 5.57 Å². The van der Waals surface area contributed by atoms with E-state index < -0.39 is 0 Å². The lowest BCUT2D eigenvalue weighted by Gasteiger charge is -2.36. The van der Waals surface area contributed by atoms with Gasteiger partial charge in [0.2, 0.25) is 0 Å². The number of nitrogens with one attached hydrogen (secondary N) is 2. The number of rotatable bonds is 3. The van der Waals surface area contributed by atoms with E-state index in [9.17, 15) is 0 Å². The highest BCUT2D eigenvalue weighted by Gasteiger charge is 2.37. The van der Waals surface area contributed by atoms with Gasteiger partial charge in [-0.2, -0.15) is 0 Å². The third-order valence-corrected chi connectivity index (χ3v) is 6.42. The van der Waals surface area contributed by atoms with Gasteiger partial charge in [-0.1, -0.05) is 86.5 Å². The van der Waals surface area contributed by atoms with Gasteiger partial charge in [-0.15, -0.1) is 0 Å². The van der Waals surface area contributed by atoms with Crippen LogP contribution in [0.1, 0.15) is 23.7 Å². The molecule has 2 aliphatic heterocycles. The zero-order valence-corrected chi connectivity index (χ0v) is 18.9. The molecule has 0 saturated carbocycles. The molecule has 29 heavy (non-hydrogen) atoms. The average Bonchev–Trinajstić information content (AvgIpc) is 3.13.